The number of rotatable bonds is 0. The minimum atomic E-state index is -0.0944. The first-order chi connectivity index (χ1) is 6.16. The van der Waals surface area contributed by atoms with Crippen molar-refractivity contribution >= 4 is 11.6 Å². The van der Waals surface area contributed by atoms with Gasteiger partial charge in [-0.3, -0.25) is 9.78 Å². The Kier molecular flexibility index (Phi) is 2.09. The van der Waals surface area contributed by atoms with Gasteiger partial charge in [-0.1, -0.05) is 0 Å². The number of aromatic nitrogens is 2. The second-order valence-electron chi connectivity index (χ2n) is 3.27. The van der Waals surface area contributed by atoms with Crippen molar-refractivity contribution in [1.29, 1.82) is 0 Å². The number of hydrogen-bond acceptors (Lipinski definition) is 3. The zero-order valence-electron chi connectivity index (χ0n) is 7.30. The maximum Gasteiger partial charge on any atom is 0.255 e. The van der Waals surface area contributed by atoms with Crippen LogP contribution in [0.1, 0.15) is 11.3 Å². The molecule has 0 aromatic carbocycles. The van der Waals surface area contributed by atoms with Gasteiger partial charge in [0.05, 0.1) is 5.69 Å². The molecule has 0 spiro atoms. The minimum Gasteiger partial charge on any atom is -0.300 e. The predicted octanol–water partition coefficient (Wildman–Crippen LogP) is 0.411. The maximum atomic E-state index is 11.4. The molecule has 70 valence electrons. The molecule has 0 unspecified atom stereocenters. The van der Waals surface area contributed by atoms with E-state index < -0.39 is 0 Å². The topological polar surface area (TPSA) is 49.0 Å². The van der Waals surface area contributed by atoms with Gasteiger partial charge >= 0.3 is 0 Å². The van der Waals surface area contributed by atoms with E-state index in [1.807, 2.05) is 7.05 Å². The van der Waals surface area contributed by atoms with Crippen LogP contribution in [0.2, 0.25) is 5.28 Å². The van der Waals surface area contributed by atoms with Crippen molar-refractivity contribution in [2.75, 3.05) is 13.6 Å². The maximum absolute atomic E-state index is 11.4. The molecule has 1 aromatic heterocycles. The van der Waals surface area contributed by atoms with E-state index in [-0.39, 0.29) is 10.8 Å². The Morgan fingerprint density at radius 3 is 3.15 bits per heavy atom. The van der Waals surface area contributed by atoms with Gasteiger partial charge in [0.1, 0.15) is 0 Å². The third-order valence-corrected chi connectivity index (χ3v) is 2.41. The molecule has 0 saturated heterocycles. The summed E-state index contributed by atoms with van der Waals surface area (Å²) in [6.45, 7) is 1.61. The van der Waals surface area contributed by atoms with E-state index in [9.17, 15) is 4.79 Å². The Labute approximate surface area is 80.5 Å². The van der Waals surface area contributed by atoms with Gasteiger partial charge in [-0.2, -0.15) is 0 Å². The zero-order chi connectivity index (χ0) is 9.42. The van der Waals surface area contributed by atoms with E-state index in [1.165, 1.54) is 0 Å². The second kappa shape index (κ2) is 3.12. The summed E-state index contributed by atoms with van der Waals surface area (Å²) < 4.78 is 0. The molecule has 2 heterocycles. The van der Waals surface area contributed by atoms with Crippen LogP contribution in [0, 0.1) is 0 Å². The zero-order valence-corrected chi connectivity index (χ0v) is 8.06. The first kappa shape index (κ1) is 8.72. The summed E-state index contributed by atoms with van der Waals surface area (Å²) >= 11 is 5.64. The summed E-state index contributed by atoms with van der Waals surface area (Å²) in [6, 6.07) is 0. The van der Waals surface area contributed by atoms with Crippen LogP contribution in [0.3, 0.4) is 0 Å². The highest BCUT2D eigenvalue weighted by Gasteiger charge is 2.17. The molecule has 0 bridgehead atoms. The smallest absolute Gasteiger partial charge is 0.255 e. The lowest BCUT2D eigenvalue weighted by Crippen LogP contribution is -2.32. The summed E-state index contributed by atoms with van der Waals surface area (Å²) in [5.74, 6) is 0. The van der Waals surface area contributed by atoms with Crippen LogP contribution in [-0.2, 0) is 13.0 Å². The number of likely N-dealkylation sites (N-methyl/N-ethyl adjacent to an activating group) is 1. The quantitative estimate of drug-likeness (QED) is 0.616. The van der Waals surface area contributed by atoms with E-state index >= 15 is 0 Å². The first-order valence-electron chi connectivity index (χ1n) is 4.13. The van der Waals surface area contributed by atoms with Crippen molar-refractivity contribution in [3.8, 4) is 0 Å². The summed E-state index contributed by atoms with van der Waals surface area (Å²) in [4.78, 5) is 20.1. The molecule has 2 rings (SSSR count). The number of aromatic amines is 1. The molecular formula is C8H10ClN3O. The predicted molar refractivity (Wildman–Crippen MR) is 49.9 cm³/mol. The molecule has 0 radical (unpaired) electrons. The first-order valence-corrected chi connectivity index (χ1v) is 4.51. The van der Waals surface area contributed by atoms with Gasteiger partial charge in [-0.05, 0) is 25.1 Å². The molecule has 0 amide bonds. The number of H-pyrrole nitrogens is 1. The molecule has 1 aliphatic rings. The lowest BCUT2D eigenvalue weighted by Gasteiger charge is -2.22. The number of halogens is 1. The molecule has 13 heavy (non-hydrogen) atoms. The van der Waals surface area contributed by atoms with Crippen molar-refractivity contribution < 1.29 is 0 Å². The lowest BCUT2D eigenvalue weighted by atomic mass is 10.1. The number of nitrogens with one attached hydrogen (secondary N) is 1. The Morgan fingerprint density at radius 1 is 1.62 bits per heavy atom. The normalized spacial score (nSPS) is 17.1. The standard InChI is InChI=1S/C8H10ClN3O/c1-12-3-2-5-6(4-12)10-8(9)11-7(5)13/h2-4H2,1H3,(H,10,11,13). The molecule has 4 nitrogen and oxygen atoms in total. The van der Waals surface area contributed by atoms with Crippen molar-refractivity contribution in [3.05, 3.63) is 26.9 Å². The number of fused-ring (bicyclic) bond motifs is 1. The van der Waals surface area contributed by atoms with Crippen LogP contribution in [0.4, 0.5) is 0 Å². The Hall–Kier alpha value is -0.870. The van der Waals surface area contributed by atoms with E-state index in [1.54, 1.807) is 0 Å². The van der Waals surface area contributed by atoms with Gasteiger partial charge in [0.2, 0.25) is 5.28 Å². The largest absolute Gasteiger partial charge is 0.300 e. The fraction of sp³-hybridized carbons (Fsp3) is 0.500. The number of hydrogen-bond donors (Lipinski definition) is 1. The lowest BCUT2D eigenvalue weighted by molar-refractivity contribution is 0.306. The summed E-state index contributed by atoms with van der Waals surface area (Å²) in [5, 5.41) is 0.180. The van der Waals surface area contributed by atoms with E-state index in [2.05, 4.69) is 14.9 Å². The molecule has 1 aromatic rings. The van der Waals surface area contributed by atoms with Crippen molar-refractivity contribution in [3.63, 3.8) is 0 Å². The molecule has 5 heteroatoms. The molecule has 1 N–H and O–H groups in total. The molecule has 0 saturated carbocycles. The van der Waals surface area contributed by atoms with Crippen molar-refractivity contribution in [1.82, 2.24) is 14.9 Å². The Bertz CT molecular complexity index is 387. The summed E-state index contributed by atoms with van der Waals surface area (Å²) in [7, 11) is 2.00. The Morgan fingerprint density at radius 2 is 2.38 bits per heavy atom. The van der Waals surface area contributed by atoms with Gasteiger partial charge in [-0.25, -0.2) is 4.98 Å². The highest BCUT2D eigenvalue weighted by atomic mass is 35.5. The highest BCUT2D eigenvalue weighted by molar-refractivity contribution is 6.28. The van der Waals surface area contributed by atoms with Crippen LogP contribution in [0.15, 0.2) is 4.79 Å². The van der Waals surface area contributed by atoms with Gasteiger partial charge in [0, 0.05) is 18.7 Å². The van der Waals surface area contributed by atoms with Crippen LogP contribution < -0.4 is 5.56 Å². The molecule has 0 fully saturated rings. The van der Waals surface area contributed by atoms with E-state index in [4.69, 9.17) is 11.6 Å². The van der Waals surface area contributed by atoms with Gasteiger partial charge in [0.15, 0.2) is 0 Å². The monoisotopic (exact) mass is 199 g/mol. The van der Waals surface area contributed by atoms with Crippen LogP contribution in [0.25, 0.3) is 0 Å². The molecule has 1 aliphatic heterocycles. The van der Waals surface area contributed by atoms with Crippen molar-refractivity contribution in [2.45, 2.75) is 13.0 Å². The third kappa shape index (κ3) is 1.59. The molecular weight excluding hydrogens is 190 g/mol. The molecule has 0 atom stereocenters. The van der Waals surface area contributed by atoms with E-state index in [0.717, 1.165) is 24.2 Å². The fourth-order valence-electron chi connectivity index (χ4n) is 1.54. The summed E-state index contributed by atoms with van der Waals surface area (Å²) in [5.41, 5.74) is 1.49. The third-order valence-electron chi connectivity index (χ3n) is 2.24. The van der Waals surface area contributed by atoms with Crippen LogP contribution >= 0.6 is 11.6 Å². The van der Waals surface area contributed by atoms with E-state index in [0.29, 0.717) is 6.54 Å². The highest BCUT2D eigenvalue weighted by Crippen LogP contribution is 2.12. The molecule has 0 aliphatic carbocycles. The van der Waals surface area contributed by atoms with Gasteiger partial charge in [0.25, 0.3) is 5.56 Å². The SMILES string of the molecule is CN1CCc2c(nc(Cl)[nH]c2=O)C1. The van der Waals surface area contributed by atoms with Gasteiger partial charge in [-0.15, -0.1) is 0 Å². The minimum absolute atomic E-state index is 0.0944. The summed E-state index contributed by atoms with van der Waals surface area (Å²) in [6.07, 6.45) is 0.755. The van der Waals surface area contributed by atoms with Crippen molar-refractivity contribution in [2.24, 2.45) is 0 Å². The van der Waals surface area contributed by atoms with Gasteiger partial charge < -0.3 is 4.90 Å². The second-order valence-corrected chi connectivity index (χ2v) is 3.63. The fourth-order valence-corrected chi connectivity index (χ4v) is 1.73. The number of nitrogens with zero attached hydrogens (tertiary/aromatic N) is 2. The average molecular weight is 200 g/mol. The van der Waals surface area contributed by atoms with Crippen LogP contribution in [0.5, 0.6) is 0 Å². The average Bonchev–Trinajstić information content (AvgIpc) is 2.02. The van der Waals surface area contributed by atoms with Crippen LogP contribution in [-0.4, -0.2) is 28.5 Å². The Balaban J connectivity index is 2.53.